The first-order valence-corrected chi connectivity index (χ1v) is 6.35. The number of hydrogen-bond acceptors (Lipinski definition) is 3. The van der Waals surface area contributed by atoms with E-state index in [9.17, 15) is 4.39 Å². The van der Waals surface area contributed by atoms with Gasteiger partial charge in [0.15, 0.2) is 0 Å². The Morgan fingerprint density at radius 3 is 2.83 bits per heavy atom. The zero-order valence-corrected chi connectivity index (χ0v) is 11.1. The lowest BCUT2D eigenvalue weighted by Crippen LogP contribution is -2.26. The van der Waals surface area contributed by atoms with Gasteiger partial charge in [-0.2, -0.15) is 0 Å². The molecule has 0 aromatic heterocycles. The number of halogens is 1. The Balaban J connectivity index is 2.41. The van der Waals surface area contributed by atoms with Gasteiger partial charge in [0, 0.05) is 13.2 Å². The van der Waals surface area contributed by atoms with Gasteiger partial charge in [-0.05, 0) is 49.1 Å². The molecule has 1 atom stereocenters. The van der Waals surface area contributed by atoms with E-state index >= 15 is 0 Å². The summed E-state index contributed by atoms with van der Waals surface area (Å²) in [6.07, 6.45) is 1.66. The Labute approximate surface area is 108 Å². The SMILES string of the molecule is CCC(CO)CNCCc1cc(F)ccc1OC. The summed E-state index contributed by atoms with van der Waals surface area (Å²) in [4.78, 5) is 0. The highest BCUT2D eigenvalue weighted by Gasteiger charge is 2.06. The van der Waals surface area contributed by atoms with Crippen molar-refractivity contribution in [2.75, 3.05) is 26.8 Å². The summed E-state index contributed by atoms with van der Waals surface area (Å²) in [7, 11) is 1.59. The van der Waals surface area contributed by atoms with E-state index < -0.39 is 0 Å². The molecule has 1 rings (SSSR count). The van der Waals surface area contributed by atoms with Crippen molar-refractivity contribution in [2.24, 2.45) is 5.92 Å². The molecule has 1 unspecified atom stereocenters. The van der Waals surface area contributed by atoms with Crippen LogP contribution in [-0.4, -0.2) is 31.9 Å². The molecule has 2 N–H and O–H groups in total. The summed E-state index contributed by atoms with van der Waals surface area (Å²) >= 11 is 0. The van der Waals surface area contributed by atoms with Crippen LogP contribution in [0.2, 0.25) is 0 Å². The van der Waals surface area contributed by atoms with Crippen molar-refractivity contribution in [3.63, 3.8) is 0 Å². The van der Waals surface area contributed by atoms with E-state index in [4.69, 9.17) is 9.84 Å². The van der Waals surface area contributed by atoms with Gasteiger partial charge in [-0.25, -0.2) is 4.39 Å². The third-order valence-corrected chi connectivity index (χ3v) is 3.08. The van der Waals surface area contributed by atoms with Crippen molar-refractivity contribution in [2.45, 2.75) is 19.8 Å². The molecule has 0 fully saturated rings. The van der Waals surface area contributed by atoms with Crippen molar-refractivity contribution in [1.29, 1.82) is 0 Å². The molecule has 1 aromatic carbocycles. The lowest BCUT2D eigenvalue weighted by Gasteiger charge is -2.13. The number of benzene rings is 1. The molecule has 0 aliphatic heterocycles. The maximum absolute atomic E-state index is 13.1. The maximum atomic E-state index is 13.1. The van der Waals surface area contributed by atoms with E-state index in [1.807, 2.05) is 0 Å². The quantitative estimate of drug-likeness (QED) is 0.698. The largest absolute Gasteiger partial charge is 0.496 e. The van der Waals surface area contributed by atoms with E-state index in [-0.39, 0.29) is 12.4 Å². The van der Waals surface area contributed by atoms with Crippen molar-refractivity contribution in [3.8, 4) is 5.75 Å². The highest BCUT2D eigenvalue weighted by molar-refractivity contribution is 5.34. The molecule has 0 saturated carbocycles. The number of aliphatic hydroxyl groups is 1. The molecule has 0 bridgehead atoms. The van der Waals surface area contributed by atoms with Gasteiger partial charge < -0.3 is 15.2 Å². The van der Waals surface area contributed by atoms with Crippen LogP contribution in [0.25, 0.3) is 0 Å². The Morgan fingerprint density at radius 1 is 1.44 bits per heavy atom. The predicted octanol–water partition coefficient (Wildman–Crippen LogP) is 1.98. The van der Waals surface area contributed by atoms with Crippen LogP contribution < -0.4 is 10.1 Å². The van der Waals surface area contributed by atoms with E-state index in [1.54, 1.807) is 13.2 Å². The third kappa shape index (κ3) is 4.63. The summed E-state index contributed by atoms with van der Waals surface area (Å²) in [6.45, 7) is 3.78. The maximum Gasteiger partial charge on any atom is 0.123 e. The molecule has 0 spiro atoms. The summed E-state index contributed by atoms with van der Waals surface area (Å²) in [5.41, 5.74) is 0.863. The normalized spacial score (nSPS) is 12.4. The Kier molecular flexibility index (Phi) is 6.68. The molecular formula is C14H22FNO2. The number of aliphatic hydroxyl groups excluding tert-OH is 1. The second-order valence-electron chi connectivity index (χ2n) is 4.37. The lowest BCUT2D eigenvalue weighted by atomic mass is 10.1. The first-order valence-electron chi connectivity index (χ1n) is 6.35. The fraction of sp³-hybridized carbons (Fsp3) is 0.571. The van der Waals surface area contributed by atoms with Gasteiger partial charge in [-0.15, -0.1) is 0 Å². The third-order valence-electron chi connectivity index (χ3n) is 3.08. The second kappa shape index (κ2) is 8.06. The highest BCUT2D eigenvalue weighted by atomic mass is 19.1. The van der Waals surface area contributed by atoms with Crippen LogP contribution in [0, 0.1) is 11.7 Å². The predicted molar refractivity (Wildman–Crippen MR) is 70.4 cm³/mol. The molecule has 0 heterocycles. The monoisotopic (exact) mass is 255 g/mol. The van der Waals surface area contributed by atoms with Crippen molar-refractivity contribution < 1.29 is 14.2 Å². The lowest BCUT2D eigenvalue weighted by molar-refractivity contribution is 0.219. The molecule has 0 radical (unpaired) electrons. The number of ether oxygens (including phenoxy) is 1. The van der Waals surface area contributed by atoms with Crippen LogP contribution in [0.1, 0.15) is 18.9 Å². The smallest absolute Gasteiger partial charge is 0.123 e. The van der Waals surface area contributed by atoms with Crippen LogP contribution >= 0.6 is 0 Å². The molecule has 1 aromatic rings. The molecule has 18 heavy (non-hydrogen) atoms. The average molecular weight is 255 g/mol. The van der Waals surface area contributed by atoms with E-state index in [0.717, 1.165) is 25.1 Å². The summed E-state index contributed by atoms with van der Waals surface area (Å²) in [6, 6.07) is 4.55. The minimum Gasteiger partial charge on any atom is -0.496 e. The van der Waals surface area contributed by atoms with Crippen molar-refractivity contribution in [1.82, 2.24) is 5.32 Å². The van der Waals surface area contributed by atoms with Gasteiger partial charge in [0.25, 0.3) is 0 Å². The van der Waals surface area contributed by atoms with Gasteiger partial charge in [-0.3, -0.25) is 0 Å². The number of rotatable bonds is 8. The van der Waals surface area contributed by atoms with Crippen LogP contribution in [0.5, 0.6) is 5.75 Å². The molecule has 102 valence electrons. The molecule has 0 amide bonds. The van der Waals surface area contributed by atoms with Gasteiger partial charge >= 0.3 is 0 Å². The summed E-state index contributed by atoms with van der Waals surface area (Å²) in [5, 5.41) is 12.3. The van der Waals surface area contributed by atoms with Crippen LogP contribution in [0.3, 0.4) is 0 Å². The molecular weight excluding hydrogens is 233 g/mol. The average Bonchev–Trinajstić information content (AvgIpc) is 2.39. The van der Waals surface area contributed by atoms with Crippen LogP contribution in [-0.2, 0) is 6.42 Å². The second-order valence-corrected chi connectivity index (χ2v) is 4.37. The molecule has 4 heteroatoms. The fourth-order valence-corrected chi connectivity index (χ4v) is 1.81. The molecule has 3 nitrogen and oxygen atoms in total. The van der Waals surface area contributed by atoms with Gasteiger partial charge in [0.2, 0.25) is 0 Å². The zero-order valence-electron chi connectivity index (χ0n) is 11.1. The number of nitrogens with one attached hydrogen (secondary N) is 1. The fourth-order valence-electron chi connectivity index (χ4n) is 1.81. The molecule has 0 saturated heterocycles. The first-order chi connectivity index (χ1) is 8.71. The standard InChI is InChI=1S/C14H22FNO2/c1-3-11(10-17)9-16-7-6-12-8-13(15)4-5-14(12)18-2/h4-5,8,11,16-17H,3,6-7,9-10H2,1-2H3. The topological polar surface area (TPSA) is 41.5 Å². The highest BCUT2D eigenvalue weighted by Crippen LogP contribution is 2.19. The number of methoxy groups -OCH3 is 1. The molecule has 0 aliphatic carbocycles. The van der Waals surface area contributed by atoms with E-state index in [2.05, 4.69) is 12.2 Å². The zero-order chi connectivity index (χ0) is 13.4. The van der Waals surface area contributed by atoms with Gasteiger partial charge in [-0.1, -0.05) is 6.92 Å². The number of hydrogen-bond donors (Lipinski definition) is 2. The van der Waals surface area contributed by atoms with Gasteiger partial charge in [0.05, 0.1) is 7.11 Å². The first kappa shape index (κ1) is 14.9. The Hall–Kier alpha value is -1.13. The van der Waals surface area contributed by atoms with Crippen molar-refractivity contribution in [3.05, 3.63) is 29.6 Å². The minimum absolute atomic E-state index is 0.201. The Bertz CT molecular complexity index is 354. The van der Waals surface area contributed by atoms with Crippen LogP contribution in [0.4, 0.5) is 4.39 Å². The van der Waals surface area contributed by atoms with E-state index in [1.165, 1.54) is 12.1 Å². The Morgan fingerprint density at radius 2 is 2.22 bits per heavy atom. The van der Waals surface area contributed by atoms with E-state index in [0.29, 0.717) is 18.1 Å². The summed E-state index contributed by atoms with van der Waals surface area (Å²) in [5.74, 6) is 0.763. The van der Waals surface area contributed by atoms with Crippen molar-refractivity contribution >= 4 is 0 Å². The van der Waals surface area contributed by atoms with Gasteiger partial charge in [0.1, 0.15) is 11.6 Å². The summed E-state index contributed by atoms with van der Waals surface area (Å²) < 4.78 is 18.3. The minimum atomic E-state index is -0.243. The van der Waals surface area contributed by atoms with Crippen LogP contribution in [0.15, 0.2) is 18.2 Å². The molecule has 0 aliphatic rings.